The molecule has 5 N–H and O–H groups in total. The molecule has 6 rings (SSSR count). The van der Waals surface area contributed by atoms with E-state index >= 15 is 4.39 Å². The number of fused-ring (bicyclic) bond motifs is 2. The van der Waals surface area contributed by atoms with Crippen LogP contribution < -0.4 is 25.8 Å². The lowest BCUT2D eigenvalue weighted by molar-refractivity contribution is -0.227. The first kappa shape index (κ1) is 32.2. The molecule has 1 saturated carbocycles. The van der Waals surface area contributed by atoms with Gasteiger partial charge in [0.15, 0.2) is 11.9 Å². The molecule has 0 spiro atoms. The topological polar surface area (TPSA) is 127 Å². The molecule has 3 aromatic rings. The number of rotatable bonds is 5. The summed E-state index contributed by atoms with van der Waals surface area (Å²) >= 11 is 0. The van der Waals surface area contributed by atoms with Gasteiger partial charge in [0.1, 0.15) is 28.2 Å². The molecule has 1 aliphatic carbocycles. The number of aliphatic hydroxyl groups is 1. The molecule has 9 nitrogen and oxygen atoms in total. The first-order valence-electron chi connectivity index (χ1n) is 14.6. The van der Waals surface area contributed by atoms with Gasteiger partial charge in [0.05, 0.1) is 24.0 Å². The third kappa shape index (κ3) is 5.82. The Morgan fingerprint density at radius 3 is 2.43 bits per heavy atom. The van der Waals surface area contributed by atoms with Crippen molar-refractivity contribution < 1.29 is 49.7 Å². The molecule has 250 valence electrons. The summed E-state index contributed by atoms with van der Waals surface area (Å²) in [6, 6.07) is 0.0272. The van der Waals surface area contributed by atoms with Crippen LogP contribution in [0.2, 0.25) is 0 Å². The van der Waals surface area contributed by atoms with Crippen LogP contribution in [0.15, 0.2) is 6.07 Å². The van der Waals surface area contributed by atoms with Gasteiger partial charge in [-0.1, -0.05) is 0 Å². The van der Waals surface area contributed by atoms with E-state index in [-0.39, 0.29) is 48.6 Å². The number of nitrogens with one attached hydrogen (secondary N) is 2. The van der Waals surface area contributed by atoms with E-state index in [1.807, 2.05) is 0 Å². The predicted molar refractivity (Wildman–Crippen MR) is 149 cm³/mol. The largest absolute Gasteiger partial charge is 0.474 e. The average Bonchev–Trinajstić information content (AvgIpc) is 3.63. The molecular formula is C29H30F8N6O3. The van der Waals surface area contributed by atoms with Gasteiger partial charge in [-0.3, -0.25) is 0 Å². The smallest absolute Gasteiger partial charge is 0.417 e. The van der Waals surface area contributed by atoms with Gasteiger partial charge >= 0.3 is 18.4 Å². The summed E-state index contributed by atoms with van der Waals surface area (Å²) in [5.74, 6) is -3.13. The Morgan fingerprint density at radius 1 is 1.09 bits per heavy atom. The summed E-state index contributed by atoms with van der Waals surface area (Å²) < 4.78 is 126. The zero-order valence-corrected chi connectivity index (χ0v) is 24.5. The van der Waals surface area contributed by atoms with Crippen LogP contribution in [0.5, 0.6) is 11.9 Å². The highest BCUT2D eigenvalue weighted by Gasteiger charge is 2.60. The number of nitrogen functional groups attached to an aromatic ring is 1. The van der Waals surface area contributed by atoms with Gasteiger partial charge in [-0.15, -0.1) is 0 Å². The zero-order valence-electron chi connectivity index (χ0n) is 24.5. The minimum Gasteiger partial charge on any atom is -0.474 e. The molecule has 0 radical (unpaired) electrons. The standard InChI is InChI=1S/C29H30F8N6O3/c1-11-7-13-3-4-14(40-13)9-39-23-17-22(42-26(43-23)45-10-27(5-6-27)25(44)29(35,36)37)20(31)21(41-24(17)46-11)15-8-16(38)19(30)12(2)18(15)28(32,33)34/h8,11,13-14,25,40,44H,3-7,9-10,38H2,1-2H3,(H,39,42,43)/t11-,13?,14?,25?/m0/s1. The van der Waals surface area contributed by atoms with Crippen molar-refractivity contribution in [2.75, 3.05) is 24.2 Å². The fourth-order valence-electron chi connectivity index (χ4n) is 6.27. The molecule has 4 heterocycles. The van der Waals surface area contributed by atoms with Crippen LogP contribution in [0.4, 0.5) is 46.6 Å². The highest BCUT2D eigenvalue weighted by atomic mass is 19.4. The number of aliphatic hydroxyl groups excluding tert-OH is 1. The number of pyridine rings is 1. The van der Waals surface area contributed by atoms with Crippen molar-refractivity contribution in [1.82, 2.24) is 20.3 Å². The van der Waals surface area contributed by atoms with Gasteiger partial charge in [-0.05, 0) is 57.6 Å². The Morgan fingerprint density at radius 2 is 1.78 bits per heavy atom. The molecule has 2 bridgehead atoms. The van der Waals surface area contributed by atoms with Gasteiger partial charge in [0.25, 0.3) is 0 Å². The van der Waals surface area contributed by atoms with Crippen LogP contribution in [0.25, 0.3) is 22.2 Å². The molecule has 46 heavy (non-hydrogen) atoms. The van der Waals surface area contributed by atoms with Crippen LogP contribution in [0, 0.1) is 24.0 Å². The Kier molecular flexibility index (Phi) is 7.85. The molecule has 2 aliphatic heterocycles. The van der Waals surface area contributed by atoms with Crippen LogP contribution in [0.3, 0.4) is 0 Å². The van der Waals surface area contributed by atoms with Gasteiger partial charge in [-0.25, -0.2) is 13.8 Å². The van der Waals surface area contributed by atoms with Crippen molar-refractivity contribution in [2.24, 2.45) is 5.41 Å². The number of halogens is 8. The Bertz CT molecular complexity index is 1680. The zero-order chi connectivity index (χ0) is 33.3. The molecule has 17 heteroatoms. The summed E-state index contributed by atoms with van der Waals surface area (Å²) in [5.41, 5.74) is -1.43. The second-order valence-electron chi connectivity index (χ2n) is 12.3. The molecule has 4 atom stereocenters. The number of anilines is 2. The molecule has 1 saturated heterocycles. The van der Waals surface area contributed by atoms with Crippen molar-refractivity contribution >= 4 is 22.4 Å². The number of hydrogen-bond donors (Lipinski definition) is 4. The summed E-state index contributed by atoms with van der Waals surface area (Å²) in [6.45, 7) is 2.16. The maximum absolute atomic E-state index is 16.5. The highest BCUT2D eigenvalue weighted by molar-refractivity contribution is 5.96. The lowest BCUT2D eigenvalue weighted by Crippen LogP contribution is -2.40. The van der Waals surface area contributed by atoms with Crippen molar-refractivity contribution in [3.8, 4) is 23.1 Å². The fourth-order valence-corrected chi connectivity index (χ4v) is 6.27. The van der Waals surface area contributed by atoms with Crippen molar-refractivity contribution in [2.45, 2.75) is 82.6 Å². The first-order chi connectivity index (χ1) is 21.5. The van der Waals surface area contributed by atoms with E-state index in [9.17, 15) is 35.8 Å². The van der Waals surface area contributed by atoms with Crippen molar-refractivity contribution in [3.63, 3.8) is 0 Å². The first-order valence-corrected chi connectivity index (χ1v) is 14.6. The van der Waals surface area contributed by atoms with Gasteiger partial charge in [0.2, 0.25) is 5.88 Å². The van der Waals surface area contributed by atoms with Gasteiger partial charge in [0, 0.05) is 29.6 Å². The van der Waals surface area contributed by atoms with Crippen LogP contribution in [-0.2, 0) is 6.18 Å². The number of aromatic nitrogens is 3. The second-order valence-corrected chi connectivity index (χ2v) is 12.3. The molecule has 3 unspecified atom stereocenters. The van der Waals surface area contributed by atoms with Crippen LogP contribution in [0.1, 0.15) is 50.2 Å². The van der Waals surface area contributed by atoms with Crippen LogP contribution >= 0.6 is 0 Å². The minimum absolute atomic E-state index is 0.00918. The SMILES string of the molecule is Cc1c(F)c(N)cc(-c2nc3c4c(nc(OCC5(C(O)C(F)(F)F)CC5)nc4c2F)NCC2CCC(C[C@H](C)O3)N2)c1C(F)(F)F. The molecule has 1 aromatic carbocycles. The summed E-state index contributed by atoms with van der Waals surface area (Å²) in [4.78, 5) is 12.5. The number of nitrogens with two attached hydrogens (primary N) is 1. The Balaban J connectivity index is 1.55. The van der Waals surface area contributed by atoms with E-state index in [0.717, 1.165) is 19.8 Å². The maximum Gasteiger partial charge on any atom is 0.417 e. The third-order valence-corrected chi connectivity index (χ3v) is 8.85. The number of nitrogens with zero attached hydrogens (tertiary/aromatic N) is 3. The number of alkyl halides is 6. The lowest BCUT2D eigenvalue weighted by Gasteiger charge is -2.24. The molecular weight excluding hydrogens is 632 g/mol. The average molecular weight is 663 g/mol. The predicted octanol–water partition coefficient (Wildman–Crippen LogP) is 5.67. The van der Waals surface area contributed by atoms with Gasteiger partial charge in [-0.2, -0.15) is 36.3 Å². The Labute approximate surface area is 256 Å². The molecule has 0 amide bonds. The summed E-state index contributed by atoms with van der Waals surface area (Å²) in [6.07, 6.45) is -11.3. The molecule has 2 aromatic heterocycles. The Hall–Kier alpha value is -3.73. The van der Waals surface area contributed by atoms with Crippen molar-refractivity contribution in [3.05, 3.63) is 28.8 Å². The van der Waals surface area contributed by atoms with E-state index in [4.69, 9.17) is 15.2 Å². The van der Waals surface area contributed by atoms with E-state index in [0.29, 0.717) is 12.5 Å². The molecule has 2 fully saturated rings. The molecule has 3 aliphatic rings. The summed E-state index contributed by atoms with van der Waals surface area (Å²) in [7, 11) is 0. The summed E-state index contributed by atoms with van der Waals surface area (Å²) in [5, 5.41) is 16.2. The van der Waals surface area contributed by atoms with E-state index in [2.05, 4.69) is 25.6 Å². The van der Waals surface area contributed by atoms with Crippen LogP contribution in [-0.4, -0.2) is 63.7 Å². The lowest BCUT2D eigenvalue weighted by atomic mass is 9.96. The fraction of sp³-hybridized carbons (Fsp3) is 0.552. The number of benzene rings is 1. The third-order valence-electron chi connectivity index (χ3n) is 8.85. The van der Waals surface area contributed by atoms with E-state index in [1.165, 1.54) is 0 Å². The van der Waals surface area contributed by atoms with Gasteiger partial charge < -0.3 is 30.9 Å². The van der Waals surface area contributed by atoms with E-state index in [1.54, 1.807) is 6.92 Å². The van der Waals surface area contributed by atoms with Crippen molar-refractivity contribution in [1.29, 1.82) is 0 Å². The minimum atomic E-state index is -5.15. The van der Waals surface area contributed by atoms with E-state index < -0.39 is 87.8 Å². The monoisotopic (exact) mass is 662 g/mol. The number of hydrogen-bond acceptors (Lipinski definition) is 9. The highest BCUT2D eigenvalue weighted by Crippen LogP contribution is 2.53. The number of ether oxygens (including phenoxy) is 2. The maximum atomic E-state index is 16.5. The quantitative estimate of drug-likeness (QED) is 0.202. The second kappa shape index (κ2) is 11.2. The normalized spacial score (nSPS) is 23.3.